The lowest BCUT2D eigenvalue weighted by Gasteiger charge is -2.21. The van der Waals surface area contributed by atoms with E-state index in [-0.39, 0.29) is 18.0 Å². The minimum absolute atomic E-state index is 0.00748. The highest BCUT2D eigenvalue weighted by Gasteiger charge is 2.24. The van der Waals surface area contributed by atoms with Crippen molar-refractivity contribution in [1.82, 2.24) is 0 Å². The third-order valence-corrected chi connectivity index (χ3v) is 5.93. The zero-order chi connectivity index (χ0) is 18.4. The molecule has 0 unspecified atom stereocenters. The van der Waals surface area contributed by atoms with Gasteiger partial charge in [0, 0.05) is 11.3 Å². The van der Waals surface area contributed by atoms with E-state index in [0.717, 1.165) is 23.3 Å². The van der Waals surface area contributed by atoms with Crippen LogP contribution in [0.5, 0.6) is 0 Å². The van der Waals surface area contributed by atoms with Crippen molar-refractivity contribution in [3.05, 3.63) is 16.0 Å². The number of rotatable bonds is 7. The van der Waals surface area contributed by atoms with Gasteiger partial charge in [0.1, 0.15) is 5.00 Å². The second kappa shape index (κ2) is 9.37. The van der Waals surface area contributed by atoms with Crippen LogP contribution >= 0.6 is 11.3 Å². The summed E-state index contributed by atoms with van der Waals surface area (Å²) < 4.78 is 5.39. The van der Waals surface area contributed by atoms with Gasteiger partial charge in [-0.25, -0.2) is 4.79 Å². The molecule has 0 spiro atoms. The van der Waals surface area contributed by atoms with Crippen LogP contribution < -0.4 is 5.32 Å². The number of ether oxygens (including phenoxy) is 1. The number of aryl methyl sites for hydroxylation is 1. The summed E-state index contributed by atoms with van der Waals surface area (Å²) in [5, 5.41) is 3.63. The highest BCUT2D eigenvalue weighted by Crippen LogP contribution is 2.35. The molecule has 0 atom stereocenters. The lowest BCUT2D eigenvalue weighted by Crippen LogP contribution is -2.18. The highest BCUT2D eigenvalue weighted by molar-refractivity contribution is 7.16. The van der Waals surface area contributed by atoms with Gasteiger partial charge in [-0.1, -0.05) is 39.0 Å². The molecule has 4 nitrogen and oxygen atoms in total. The maximum Gasteiger partial charge on any atom is 0.341 e. The SMILES string of the molecule is CCc1c(C)sc(NC(=O)CCC2CCCCC2)c1C(=O)OC(C)C. The molecular formula is C20H31NO3S. The predicted octanol–water partition coefficient (Wildman–Crippen LogP) is 5.48. The van der Waals surface area contributed by atoms with Gasteiger partial charge in [0.25, 0.3) is 0 Å². The lowest BCUT2D eigenvalue weighted by molar-refractivity contribution is -0.116. The second-order valence-corrected chi connectivity index (χ2v) is 8.46. The summed E-state index contributed by atoms with van der Waals surface area (Å²) in [5.41, 5.74) is 1.53. The van der Waals surface area contributed by atoms with Crippen LogP contribution in [-0.4, -0.2) is 18.0 Å². The van der Waals surface area contributed by atoms with Gasteiger partial charge in [-0.2, -0.15) is 0 Å². The van der Waals surface area contributed by atoms with Crippen LogP contribution in [0.2, 0.25) is 0 Å². The van der Waals surface area contributed by atoms with Gasteiger partial charge >= 0.3 is 5.97 Å². The van der Waals surface area contributed by atoms with E-state index in [1.54, 1.807) is 0 Å². The summed E-state index contributed by atoms with van der Waals surface area (Å²) in [5.74, 6) is 0.355. The number of hydrogen-bond donors (Lipinski definition) is 1. The van der Waals surface area contributed by atoms with Crippen LogP contribution in [-0.2, 0) is 16.0 Å². The Bertz CT molecular complexity index is 600. The number of esters is 1. The fourth-order valence-electron chi connectivity index (χ4n) is 3.58. The Morgan fingerprint density at radius 1 is 1.24 bits per heavy atom. The lowest BCUT2D eigenvalue weighted by atomic mass is 9.86. The summed E-state index contributed by atoms with van der Waals surface area (Å²) in [6.45, 7) is 7.69. The molecule has 5 heteroatoms. The molecule has 1 aliphatic rings. The maximum atomic E-state index is 12.5. The van der Waals surface area contributed by atoms with Gasteiger partial charge in [-0.3, -0.25) is 4.79 Å². The molecule has 1 fully saturated rings. The number of amides is 1. The Morgan fingerprint density at radius 3 is 2.52 bits per heavy atom. The van der Waals surface area contributed by atoms with Crippen molar-refractivity contribution < 1.29 is 14.3 Å². The normalized spacial score (nSPS) is 15.4. The average molecular weight is 366 g/mol. The van der Waals surface area contributed by atoms with E-state index in [0.29, 0.717) is 22.9 Å². The first-order valence-electron chi connectivity index (χ1n) is 9.55. The van der Waals surface area contributed by atoms with Crippen molar-refractivity contribution >= 4 is 28.2 Å². The monoisotopic (exact) mass is 365 g/mol. The van der Waals surface area contributed by atoms with E-state index < -0.39 is 0 Å². The molecule has 0 aromatic carbocycles. The van der Waals surface area contributed by atoms with Gasteiger partial charge in [0.15, 0.2) is 0 Å². The maximum absolute atomic E-state index is 12.5. The van der Waals surface area contributed by atoms with Gasteiger partial charge in [-0.15, -0.1) is 11.3 Å². The molecule has 0 saturated heterocycles. The van der Waals surface area contributed by atoms with Crippen molar-refractivity contribution in [2.24, 2.45) is 5.92 Å². The fourth-order valence-corrected chi connectivity index (χ4v) is 4.73. The zero-order valence-corrected chi connectivity index (χ0v) is 16.8. The Labute approximate surface area is 155 Å². The first-order valence-corrected chi connectivity index (χ1v) is 10.4. The van der Waals surface area contributed by atoms with Gasteiger partial charge in [0.05, 0.1) is 11.7 Å². The highest BCUT2D eigenvalue weighted by atomic mass is 32.1. The third kappa shape index (κ3) is 5.56. The number of thiophene rings is 1. The Kier molecular flexibility index (Phi) is 7.48. The smallest absolute Gasteiger partial charge is 0.341 e. The minimum Gasteiger partial charge on any atom is -0.459 e. The predicted molar refractivity (Wildman–Crippen MR) is 103 cm³/mol. The molecule has 1 aromatic heterocycles. The van der Waals surface area contributed by atoms with Crippen LogP contribution in [0.3, 0.4) is 0 Å². The van der Waals surface area contributed by atoms with Crippen molar-refractivity contribution in [3.8, 4) is 0 Å². The molecule has 0 bridgehead atoms. The van der Waals surface area contributed by atoms with Crippen LogP contribution in [0.15, 0.2) is 0 Å². The molecule has 25 heavy (non-hydrogen) atoms. The molecule has 1 N–H and O–H groups in total. The van der Waals surface area contributed by atoms with E-state index >= 15 is 0 Å². The van der Waals surface area contributed by atoms with Gasteiger partial charge in [0.2, 0.25) is 5.91 Å². The molecule has 1 aliphatic carbocycles. The minimum atomic E-state index is -0.334. The Balaban J connectivity index is 2.04. The van der Waals surface area contributed by atoms with E-state index in [2.05, 4.69) is 5.32 Å². The first kappa shape index (κ1) is 20.0. The van der Waals surface area contributed by atoms with Crippen molar-refractivity contribution in [2.45, 2.75) is 85.2 Å². The Morgan fingerprint density at radius 2 is 1.92 bits per heavy atom. The van der Waals surface area contributed by atoms with Crippen molar-refractivity contribution in [2.75, 3.05) is 5.32 Å². The van der Waals surface area contributed by atoms with Gasteiger partial charge in [-0.05, 0) is 45.1 Å². The molecule has 1 saturated carbocycles. The van der Waals surface area contributed by atoms with E-state index in [9.17, 15) is 9.59 Å². The molecule has 1 aromatic rings. The van der Waals surface area contributed by atoms with E-state index in [1.165, 1.54) is 43.4 Å². The summed E-state index contributed by atoms with van der Waals surface area (Å²) in [7, 11) is 0. The van der Waals surface area contributed by atoms with Crippen molar-refractivity contribution in [3.63, 3.8) is 0 Å². The van der Waals surface area contributed by atoms with Crippen LogP contribution in [0.1, 0.15) is 86.5 Å². The van der Waals surface area contributed by atoms with Crippen LogP contribution in [0.4, 0.5) is 5.00 Å². The number of nitrogens with one attached hydrogen (secondary N) is 1. The number of hydrogen-bond acceptors (Lipinski definition) is 4. The summed E-state index contributed by atoms with van der Waals surface area (Å²) >= 11 is 1.48. The second-order valence-electron chi connectivity index (χ2n) is 7.24. The summed E-state index contributed by atoms with van der Waals surface area (Å²) in [6.07, 6.45) is 8.47. The van der Waals surface area contributed by atoms with Gasteiger partial charge < -0.3 is 10.1 Å². The van der Waals surface area contributed by atoms with Crippen LogP contribution in [0.25, 0.3) is 0 Å². The number of carbonyl (C=O) groups is 2. The Hall–Kier alpha value is -1.36. The van der Waals surface area contributed by atoms with E-state index in [4.69, 9.17) is 4.74 Å². The number of anilines is 1. The van der Waals surface area contributed by atoms with Crippen molar-refractivity contribution in [1.29, 1.82) is 0 Å². The standard InChI is InChI=1S/C20H31NO3S/c1-5-16-14(4)25-19(18(16)20(23)24-13(2)3)21-17(22)12-11-15-9-7-6-8-10-15/h13,15H,5-12H2,1-4H3,(H,21,22). The molecule has 0 radical (unpaired) electrons. The quantitative estimate of drug-likeness (QED) is 0.651. The molecule has 0 aliphatic heterocycles. The topological polar surface area (TPSA) is 55.4 Å². The molecule has 140 valence electrons. The fraction of sp³-hybridized carbons (Fsp3) is 0.700. The van der Waals surface area contributed by atoms with E-state index in [1.807, 2.05) is 27.7 Å². The number of carbonyl (C=O) groups excluding carboxylic acids is 2. The molecular weight excluding hydrogens is 334 g/mol. The summed E-state index contributed by atoms with van der Waals surface area (Å²) in [4.78, 5) is 26.0. The first-order chi connectivity index (χ1) is 11.9. The largest absolute Gasteiger partial charge is 0.459 e. The molecule has 1 heterocycles. The molecule has 1 amide bonds. The molecule has 2 rings (SSSR count). The average Bonchev–Trinajstić information content (AvgIpc) is 2.88. The summed E-state index contributed by atoms with van der Waals surface area (Å²) in [6, 6.07) is 0. The third-order valence-electron chi connectivity index (χ3n) is 4.87. The van der Waals surface area contributed by atoms with Crippen LogP contribution in [0, 0.1) is 12.8 Å². The zero-order valence-electron chi connectivity index (χ0n) is 15.9.